The first-order chi connectivity index (χ1) is 10.5. The molecule has 0 spiro atoms. The number of pyridine rings is 1. The van der Waals surface area contributed by atoms with Gasteiger partial charge < -0.3 is 11.1 Å². The maximum atomic E-state index is 14.2. The highest BCUT2D eigenvalue weighted by Gasteiger charge is 2.16. The van der Waals surface area contributed by atoms with Crippen molar-refractivity contribution in [2.45, 2.75) is 32.4 Å². The smallest absolute Gasteiger partial charge is 0.237 e. The van der Waals surface area contributed by atoms with E-state index in [4.69, 9.17) is 5.73 Å². The number of carbonyl (C=O) groups is 1. The number of amides is 1. The second kappa shape index (κ2) is 7.13. The van der Waals surface area contributed by atoms with Crippen molar-refractivity contribution >= 4 is 5.91 Å². The van der Waals surface area contributed by atoms with Crippen molar-refractivity contribution < 1.29 is 9.18 Å². The van der Waals surface area contributed by atoms with Gasteiger partial charge in [0.25, 0.3) is 0 Å². The molecule has 5 heteroatoms. The summed E-state index contributed by atoms with van der Waals surface area (Å²) in [7, 11) is 0. The van der Waals surface area contributed by atoms with E-state index >= 15 is 0 Å². The predicted molar refractivity (Wildman–Crippen MR) is 84.6 cm³/mol. The van der Waals surface area contributed by atoms with Gasteiger partial charge in [0, 0.05) is 24.0 Å². The van der Waals surface area contributed by atoms with E-state index in [1.807, 2.05) is 13.8 Å². The molecule has 1 amide bonds. The molecule has 3 N–H and O–H groups in total. The number of nitrogens with one attached hydrogen (secondary N) is 1. The van der Waals surface area contributed by atoms with Gasteiger partial charge in [0.05, 0.1) is 6.04 Å². The molecular formula is C17H20FN3O. The average molecular weight is 301 g/mol. The third-order valence-corrected chi connectivity index (χ3v) is 3.25. The highest BCUT2D eigenvalue weighted by molar-refractivity contribution is 5.82. The SMILES string of the molecule is CC(C)NC(=O)[C@@H](N)Cc1ccc(-c2ccncc2)c(F)c1. The molecule has 0 saturated carbocycles. The zero-order chi connectivity index (χ0) is 16.1. The zero-order valence-electron chi connectivity index (χ0n) is 12.7. The van der Waals surface area contributed by atoms with Crippen molar-refractivity contribution in [1.29, 1.82) is 0 Å². The van der Waals surface area contributed by atoms with Crippen LogP contribution in [-0.4, -0.2) is 23.0 Å². The topological polar surface area (TPSA) is 68.0 Å². The summed E-state index contributed by atoms with van der Waals surface area (Å²) in [6, 6.07) is 7.77. The highest BCUT2D eigenvalue weighted by Crippen LogP contribution is 2.23. The molecule has 22 heavy (non-hydrogen) atoms. The van der Waals surface area contributed by atoms with E-state index in [9.17, 15) is 9.18 Å². The Labute approximate surface area is 129 Å². The molecule has 0 unspecified atom stereocenters. The molecule has 1 aromatic carbocycles. The number of halogens is 1. The molecule has 0 saturated heterocycles. The first-order valence-corrected chi connectivity index (χ1v) is 7.22. The van der Waals surface area contributed by atoms with Crippen LogP contribution in [-0.2, 0) is 11.2 Å². The number of carbonyl (C=O) groups excluding carboxylic acids is 1. The molecule has 0 radical (unpaired) electrons. The third kappa shape index (κ3) is 4.11. The Morgan fingerprint density at radius 1 is 1.27 bits per heavy atom. The van der Waals surface area contributed by atoms with Gasteiger partial charge in [0.15, 0.2) is 0 Å². The fourth-order valence-electron chi connectivity index (χ4n) is 2.19. The highest BCUT2D eigenvalue weighted by atomic mass is 19.1. The van der Waals surface area contributed by atoms with Crippen molar-refractivity contribution in [2.24, 2.45) is 5.73 Å². The van der Waals surface area contributed by atoms with Crippen LogP contribution in [0.1, 0.15) is 19.4 Å². The van der Waals surface area contributed by atoms with Gasteiger partial charge in [-0.1, -0.05) is 12.1 Å². The summed E-state index contributed by atoms with van der Waals surface area (Å²) >= 11 is 0. The molecule has 2 aromatic rings. The second-order valence-corrected chi connectivity index (χ2v) is 5.52. The number of nitrogens with two attached hydrogens (primary N) is 1. The Bertz CT molecular complexity index is 644. The van der Waals surface area contributed by atoms with E-state index in [0.29, 0.717) is 17.5 Å². The molecule has 116 valence electrons. The molecule has 0 aliphatic carbocycles. The summed E-state index contributed by atoms with van der Waals surface area (Å²) in [6.07, 6.45) is 3.54. The summed E-state index contributed by atoms with van der Waals surface area (Å²) in [5.41, 5.74) is 7.82. The Morgan fingerprint density at radius 3 is 2.55 bits per heavy atom. The lowest BCUT2D eigenvalue weighted by Crippen LogP contribution is -2.44. The Hall–Kier alpha value is -2.27. The van der Waals surface area contributed by atoms with Crippen LogP contribution in [0.5, 0.6) is 0 Å². The average Bonchev–Trinajstić information content (AvgIpc) is 2.47. The van der Waals surface area contributed by atoms with Crippen LogP contribution in [0.2, 0.25) is 0 Å². The Kier molecular flexibility index (Phi) is 5.22. The zero-order valence-corrected chi connectivity index (χ0v) is 12.7. The van der Waals surface area contributed by atoms with E-state index in [1.165, 1.54) is 6.07 Å². The van der Waals surface area contributed by atoms with Gasteiger partial charge in [-0.05, 0) is 49.6 Å². The van der Waals surface area contributed by atoms with Crippen molar-refractivity contribution in [3.05, 3.63) is 54.1 Å². The normalized spacial score (nSPS) is 12.2. The number of benzene rings is 1. The van der Waals surface area contributed by atoms with Crippen LogP contribution in [0.25, 0.3) is 11.1 Å². The minimum atomic E-state index is -0.687. The number of nitrogens with zero attached hydrogens (tertiary/aromatic N) is 1. The fraction of sp³-hybridized carbons (Fsp3) is 0.294. The third-order valence-electron chi connectivity index (χ3n) is 3.25. The van der Waals surface area contributed by atoms with Crippen LogP contribution in [0.4, 0.5) is 4.39 Å². The minimum absolute atomic E-state index is 0.0318. The number of rotatable bonds is 5. The molecule has 0 aliphatic heterocycles. The lowest BCUT2D eigenvalue weighted by molar-refractivity contribution is -0.122. The quantitative estimate of drug-likeness (QED) is 0.890. The van der Waals surface area contributed by atoms with E-state index in [0.717, 1.165) is 5.56 Å². The van der Waals surface area contributed by atoms with E-state index in [-0.39, 0.29) is 17.8 Å². The fourth-order valence-corrected chi connectivity index (χ4v) is 2.19. The summed E-state index contributed by atoms with van der Waals surface area (Å²) in [4.78, 5) is 15.7. The van der Waals surface area contributed by atoms with Gasteiger partial charge in [-0.25, -0.2) is 4.39 Å². The lowest BCUT2D eigenvalue weighted by atomic mass is 10.0. The van der Waals surface area contributed by atoms with Crippen LogP contribution in [0.15, 0.2) is 42.7 Å². The van der Waals surface area contributed by atoms with Gasteiger partial charge in [-0.15, -0.1) is 0 Å². The molecule has 0 fully saturated rings. The molecule has 0 bridgehead atoms. The standard InChI is InChI=1S/C17H20FN3O/c1-11(2)21-17(22)16(19)10-12-3-4-14(15(18)9-12)13-5-7-20-8-6-13/h3-9,11,16H,10,19H2,1-2H3,(H,21,22)/t16-/m0/s1. The lowest BCUT2D eigenvalue weighted by Gasteiger charge is -2.15. The first-order valence-electron chi connectivity index (χ1n) is 7.22. The summed E-state index contributed by atoms with van der Waals surface area (Å²) in [6.45, 7) is 3.74. The molecule has 1 heterocycles. The summed E-state index contributed by atoms with van der Waals surface area (Å²) in [5.74, 6) is -0.561. The molecule has 4 nitrogen and oxygen atoms in total. The van der Waals surface area contributed by atoms with Crippen LogP contribution in [0, 0.1) is 5.82 Å². The van der Waals surface area contributed by atoms with Crippen molar-refractivity contribution in [2.75, 3.05) is 0 Å². The first kappa shape index (κ1) is 16.1. The van der Waals surface area contributed by atoms with E-state index in [2.05, 4.69) is 10.3 Å². The van der Waals surface area contributed by atoms with Gasteiger partial charge >= 0.3 is 0 Å². The molecule has 0 aliphatic rings. The summed E-state index contributed by atoms with van der Waals surface area (Å²) in [5, 5.41) is 2.75. The largest absolute Gasteiger partial charge is 0.353 e. The molecule has 1 atom stereocenters. The van der Waals surface area contributed by atoms with E-state index < -0.39 is 6.04 Å². The van der Waals surface area contributed by atoms with Gasteiger partial charge in [-0.2, -0.15) is 0 Å². The Balaban J connectivity index is 2.11. The predicted octanol–water partition coefficient (Wildman–Crippen LogP) is 2.28. The number of aromatic nitrogens is 1. The van der Waals surface area contributed by atoms with Crippen molar-refractivity contribution in [3.8, 4) is 11.1 Å². The van der Waals surface area contributed by atoms with Gasteiger partial charge in [0.1, 0.15) is 5.82 Å². The number of hydrogen-bond acceptors (Lipinski definition) is 3. The summed E-state index contributed by atoms with van der Waals surface area (Å²) < 4.78 is 14.2. The molecule has 2 rings (SSSR count). The minimum Gasteiger partial charge on any atom is -0.353 e. The second-order valence-electron chi connectivity index (χ2n) is 5.52. The van der Waals surface area contributed by atoms with Crippen LogP contribution < -0.4 is 11.1 Å². The molecular weight excluding hydrogens is 281 g/mol. The van der Waals surface area contributed by atoms with E-state index in [1.54, 1.807) is 36.7 Å². The monoisotopic (exact) mass is 301 g/mol. The maximum Gasteiger partial charge on any atom is 0.237 e. The molecule has 1 aromatic heterocycles. The van der Waals surface area contributed by atoms with Gasteiger partial charge in [-0.3, -0.25) is 9.78 Å². The van der Waals surface area contributed by atoms with Crippen LogP contribution in [0.3, 0.4) is 0 Å². The van der Waals surface area contributed by atoms with Gasteiger partial charge in [0.2, 0.25) is 5.91 Å². The maximum absolute atomic E-state index is 14.2. The number of hydrogen-bond donors (Lipinski definition) is 2. The van der Waals surface area contributed by atoms with Crippen LogP contribution >= 0.6 is 0 Å². The van der Waals surface area contributed by atoms with Crippen molar-refractivity contribution in [1.82, 2.24) is 10.3 Å². The Morgan fingerprint density at radius 2 is 1.95 bits per heavy atom. The van der Waals surface area contributed by atoms with Crippen molar-refractivity contribution in [3.63, 3.8) is 0 Å².